The summed E-state index contributed by atoms with van der Waals surface area (Å²) >= 11 is 2.85. The number of nitrogens with zero attached hydrogens (tertiary/aromatic N) is 1. The molecule has 1 amide bonds. The molecule has 0 saturated carbocycles. The fourth-order valence-electron chi connectivity index (χ4n) is 2.85. The highest BCUT2D eigenvalue weighted by Gasteiger charge is 2.23. The summed E-state index contributed by atoms with van der Waals surface area (Å²) < 4.78 is 29.1. The van der Waals surface area contributed by atoms with Crippen LogP contribution in [0.15, 0.2) is 46.2 Å². The lowest BCUT2D eigenvalue weighted by Gasteiger charge is -2.10. The number of rotatable bonds is 3. The zero-order valence-electron chi connectivity index (χ0n) is 14.6. The minimum absolute atomic E-state index is 0.0899. The molecule has 2 N–H and O–H groups in total. The van der Waals surface area contributed by atoms with Gasteiger partial charge in [-0.2, -0.15) is 0 Å². The summed E-state index contributed by atoms with van der Waals surface area (Å²) in [7, 11) is -3.81. The van der Waals surface area contributed by atoms with E-state index in [1.165, 1.54) is 17.4 Å². The monoisotopic (exact) mass is 419 g/mol. The van der Waals surface area contributed by atoms with E-state index >= 15 is 0 Å². The standard InChI is InChI=1S/C18H17N3O3S3/c1-10-3-5-13-16(7-10)26-18(20-13)21-27(23,24)12-4-6-15-14(9-12)19-17(22)8-11(2)25-15/h3-7,9,11H,8H2,1-2H3,(H,19,22)(H,20,21)/t11-/m1/s1. The Morgan fingerprint density at radius 1 is 1.22 bits per heavy atom. The Kier molecular flexibility index (Phi) is 4.61. The number of anilines is 2. The van der Waals surface area contributed by atoms with E-state index in [0.29, 0.717) is 17.2 Å². The molecule has 1 aliphatic rings. The highest BCUT2D eigenvalue weighted by atomic mass is 32.2. The van der Waals surface area contributed by atoms with Crippen LogP contribution in [-0.2, 0) is 14.8 Å². The molecule has 2 aromatic carbocycles. The maximum Gasteiger partial charge on any atom is 0.263 e. The fraction of sp³-hybridized carbons (Fsp3) is 0.222. The molecule has 1 atom stereocenters. The van der Waals surface area contributed by atoms with Crippen LogP contribution in [0.25, 0.3) is 10.2 Å². The van der Waals surface area contributed by atoms with Gasteiger partial charge in [-0.15, -0.1) is 11.8 Å². The number of nitrogens with one attached hydrogen (secondary N) is 2. The molecule has 4 rings (SSSR count). The van der Waals surface area contributed by atoms with E-state index in [1.54, 1.807) is 23.9 Å². The molecule has 140 valence electrons. The van der Waals surface area contributed by atoms with Gasteiger partial charge in [0.25, 0.3) is 10.0 Å². The number of aryl methyl sites for hydroxylation is 1. The number of thiazole rings is 1. The Morgan fingerprint density at radius 3 is 2.85 bits per heavy atom. The molecule has 0 radical (unpaired) electrons. The number of fused-ring (bicyclic) bond motifs is 2. The predicted octanol–water partition coefficient (Wildman–Crippen LogP) is 4.23. The van der Waals surface area contributed by atoms with Gasteiger partial charge in [0.1, 0.15) is 0 Å². The van der Waals surface area contributed by atoms with Crippen molar-refractivity contribution in [3.8, 4) is 0 Å². The van der Waals surface area contributed by atoms with Crippen molar-refractivity contribution >= 4 is 60.1 Å². The van der Waals surface area contributed by atoms with E-state index < -0.39 is 10.0 Å². The van der Waals surface area contributed by atoms with E-state index in [1.807, 2.05) is 32.0 Å². The van der Waals surface area contributed by atoms with Crippen molar-refractivity contribution < 1.29 is 13.2 Å². The van der Waals surface area contributed by atoms with Gasteiger partial charge in [0, 0.05) is 16.6 Å². The predicted molar refractivity (Wildman–Crippen MR) is 110 cm³/mol. The fourth-order valence-corrected chi connectivity index (χ4v) is 6.12. The van der Waals surface area contributed by atoms with E-state index in [4.69, 9.17) is 0 Å². The van der Waals surface area contributed by atoms with Gasteiger partial charge >= 0.3 is 0 Å². The smallest absolute Gasteiger partial charge is 0.263 e. The van der Waals surface area contributed by atoms with Crippen molar-refractivity contribution in [2.45, 2.75) is 35.3 Å². The largest absolute Gasteiger partial charge is 0.325 e. The van der Waals surface area contributed by atoms with Crippen molar-refractivity contribution in [2.24, 2.45) is 0 Å². The summed E-state index contributed by atoms with van der Waals surface area (Å²) in [5.41, 5.74) is 2.37. The van der Waals surface area contributed by atoms with Gasteiger partial charge in [0.15, 0.2) is 5.13 Å². The van der Waals surface area contributed by atoms with E-state index in [2.05, 4.69) is 15.0 Å². The molecule has 2 heterocycles. The molecule has 0 unspecified atom stereocenters. The van der Waals surface area contributed by atoms with Crippen LogP contribution in [0.3, 0.4) is 0 Å². The molecule has 0 aliphatic carbocycles. The van der Waals surface area contributed by atoms with E-state index in [0.717, 1.165) is 20.7 Å². The van der Waals surface area contributed by atoms with Crippen LogP contribution in [0, 0.1) is 6.92 Å². The molecule has 27 heavy (non-hydrogen) atoms. The Bertz CT molecular complexity index is 1160. The lowest BCUT2D eigenvalue weighted by atomic mass is 10.2. The maximum atomic E-state index is 12.8. The van der Waals surface area contributed by atoms with Crippen molar-refractivity contribution in [3.05, 3.63) is 42.0 Å². The van der Waals surface area contributed by atoms with Gasteiger partial charge in [-0.3, -0.25) is 9.52 Å². The Morgan fingerprint density at radius 2 is 2.04 bits per heavy atom. The molecule has 9 heteroatoms. The number of thioether (sulfide) groups is 1. The summed E-state index contributed by atoms with van der Waals surface area (Å²) in [5.74, 6) is -0.113. The first-order valence-corrected chi connectivity index (χ1v) is 11.5. The van der Waals surface area contributed by atoms with Crippen molar-refractivity contribution in [1.82, 2.24) is 4.98 Å². The minimum atomic E-state index is -3.81. The first kappa shape index (κ1) is 18.3. The molecule has 3 aromatic rings. The number of hydrogen-bond acceptors (Lipinski definition) is 6. The summed E-state index contributed by atoms with van der Waals surface area (Å²) in [5, 5.41) is 3.25. The molecule has 0 bridgehead atoms. The van der Waals surface area contributed by atoms with Crippen molar-refractivity contribution in [3.63, 3.8) is 0 Å². The maximum absolute atomic E-state index is 12.8. The van der Waals surface area contributed by atoms with Crippen LogP contribution in [0.5, 0.6) is 0 Å². The van der Waals surface area contributed by atoms with Gasteiger partial charge in [0.2, 0.25) is 5.91 Å². The molecular weight excluding hydrogens is 402 g/mol. The second kappa shape index (κ2) is 6.81. The Balaban J connectivity index is 1.66. The second-order valence-electron chi connectivity index (χ2n) is 6.43. The number of hydrogen-bond donors (Lipinski definition) is 2. The quantitative estimate of drug-likeness (QED) is 0.663. The zero-order chi connectivity index (χ0) is 19.2. The van der Waals surface area contributed by atoms with Crippen molar-refractivity contribution in [1.29, 1.82) is 0 Å². The van der Waals surface area contributed by atoms with E-state index in [9.17, 15) is 13.2 Å². The third kappa shape index (κ3) is 3.80. The van der Waals surface area contributed by atoms with Crippen molar-refractivity contribution in [2.75, 3.05) is 10.0 Å². The minimum Gasteiger partial charge on any atom is -0.325 e. The molecule has 1 aromatic heterocycles. The summed E-state index contributed by atoms with van der Waals surface area (Å²) in [6.07, 6.45) is 0.394. The summed E-state index contributed by atoms with van der Waals surface area (Å²) in [4.78, 5) is 17.2. The topological polar surface area (TPSA) is 88.2 Å². The number of benzene rings is 2. The van der Waals surface area contributed by atoms with Crippen LogP contribution in [-0.4, -0.2) is 24.6 Å². The normalized spacial score (nSPS) is 17.3. The highest BCUT2D eigenvalue weighted by Crippen LogP contribution is 2.37. The first-order chi connectivity index (χ1) is 12.8. The average molecular weight is 420 g/mol. The van der Waals surface area contributed by atoms with Gasteiger partial charge < -0.3 is 5.32 Å². The van der Waals surface area contributed by atoms with Gasteiger partial charge in [-0.25, -0.2) is 13.4 Å². The first-order valence-electron chi connectivity index (χ1n) is 8.31. The lowest BCUT2D eigenvalue weighted by molar-refractivity contribution is -0.116. The van der Waals surface area contributed by atoms with Crippen LogP contribution in [0.2, 0.25) is 0 Å². The molecular formula is C18H17N3O3S3. The molecule has 0 saturated heterocycles. The molecule has 0 spiro atoms. The van der Waals surface area contributed by atoms with E-state index in [-0.39, 0.29) is 16.1 Å². The number of amides is 1. The second-order valence-corrected chi connectivity index (χ2v) is 10.6. The SMILES string of the molecule is Cc1ccc2nc(NS(=O)(=O)c3ccc4c(c3)NC(=O)C[C@@H](C)S4)sc2c1. The number of sulfonamides is 1. The zero-order valence-corrected chi connectivity index (χ0v) is 17.1. The third-order valence-electron chi connectivity index (χ3n) is 4.10. The van der Waals surface area contributed by atoms with Gasteiger partial charge in [-0.1, -0.05) is 24.3 Å². The average Bonchev–Trinajstić information content (AvgIpc) is 2.89. The van der Waals surface area contributed by atoms with Gasteiger partial charge in [-0.05, 0) is 42.8 Å². The van der Waals surface area contributed by atoms with Crippen LogP contribution in [0.1, 0.15) is 18.9 Å². The molecule has 1 aliphatic heterocycles. The number of carbonyl (C=O) groups excluding carboxylic acids is 1. The number of carbonyl (C=O) groups is 1. The lowest BCUT2D eigenvalue weighted by Crippen LogP contribution is -2.15. The van der Waals surface area contributed by atoms with Crippen LogP contribution in [0.4, 0.5) is 10.8 Å². The Hall–Kier alpha value is -2.10. The third-order valence-corrected chi connectivity index (χ3v) is 7.68. The van der Waals surface area contributed by atoms with Crippen LogP contribution >= 0.6 is 23.1 Å². The summed E-state index contributed by atoms with van der Waals surface area (Å²) in [6, 6.07) is 10.6. The van der Waals surface area contributed by atoms with Gasteiger partial charge in [0.05, 0.1) is 20.8 Å². The number of aromatic nitrogens is 1. The van der Waals surface area contributed by atoms with Crippen LogP contribution < -0.4 is 10.0 Å². The molecule has 6 nitrogen and oxygen atoms in total. The highest BCUT2D eigenvalue weighted by molar-refractivity contribution is 8.00. The summed E-state index contributed by atoms with van der Waals surface area (Å²) in [6.45, 7) is 3.95. The Labute approximate surface area is 165 Å². The molecule has 0 fully saturated rings.